The Kier molecular flexibility index (Phi) is 3.68. The third-order valence-electron chi connectivity index (χ3n) is 4.81. The number of hydrogen-bond donors (Lipinski definition) is 1. The second kappa shape index (κ2) is 5.71. The second-order valence-electron chi connectivity index (χ2n) is 6.54. The molecule has 1 aromatic heterocycles. The highest BCUT2D eigenvalue weighted by Gasteiger charge is 2.29. The van der Waals surface area contributed by atoms with Gasteiger partial charge in [-0.1, -0.05) is 24.5 Å². The first-order valence-electron chi connectivity index (χ1n) is 8.24. The summed E-state index contributed by atoms with van der Waals surface area (Å²) in [5, 5.41) is 7.72. The lowest BCUT2D eigenvalue weighted by molar-refractivity contribution is 0.0931. The van der Waals surface area contributed by atoms with Crippen LogP contribution in [0.25, 0.3) is 11.3 Å². The number of nitrogens with one attached hydrogen (secondary N) is 1. The summed E-state index contributed by atoms with van der Waals surface area (Å²) in [6.45, 7) is 2.10. The number of hydrogen-bond acceptors (Lipinski definition) is 3. The van der Waals surface area contributed by atoms with Crippen molar-refractivity contribution in [3.05, 3.63) is 35.0 Å². The van der Waals surface area contributed by atoms with Crippen LogP contribution in [0.2, 0.25) is 0 Å². The largest absolute Gasteiger partial charge is 0.348 e. The third-order valence-corrected chi connectivity index (χ3v) is 5.91. The highest BCUT2D eigenvalue weighted by Crippen LogP contribution is 2.42. The topological polar surface area (TPSA) is 46.9 Å². The molecule has 5 heteroatoms. The number of thioether (sulfide) groups is 1. The average Bonchev–Trinajstić information content (AvgIpc) is 3.15. The molecular weight excluding hydrogens is 306 g/mol. The van der Waals surface area contributed by atoms with Gasteiger partial charge in [-0.3, -0.25) is 9.48 Å². The van der Waals surface area contributed by atoms with E-state index in [0.29, 0.717) is 11.7 Å². The zero-order chi connectivity index (χ0) is 16.0. The molecule has 0 radical (unpaired) electrons. The summed E-state index contributed by atoms with van der Waals surface area (Å²) < 4.78 is 1.87. The highest BCUT2D eigenvalue weighted by molar-refractivity contribution is 7.98. The summed E-state index contributed by atoms with van der Waals surface area (Å²) in [4.78, 5) is 13.9. The molecule has 1 fully saturated rings. The quantitative estimate of drug-likeness (QED) is 0.915. The van der Waals surface area contributed by atoms with E-state index in [-0.39, 0.29) is 5.91 Å². The molecule has 120 valence electrons. The zero-order valence-electron chi connectivity index (χ0n) is 13.6. The monoisotopic (exact) mass is 327 g/mol. The number of benzene rings is 1. The maximum absolute atomic E-state index is 12.7. The molecule has 1 N–H and O–H groups in total. The molecule has 2 heterocycles. The van der Waals surface area contributed by atoms with Gasteiger partial charge in [0.2, 0.25) is 0 Å². The first-order chi connectivity index (χ1) is 11.1. The number of fused-ring (bicyclic) bond motifs is 3. The first-order valence-corrected chi connectivity index (χ1v) is 9.22. The van der Waals surface area contributed by atoms with Crippen LogP contribution in [-0.4, -0.2) is 21.7 Å². The van der Waals surface area contributed by atoms with E-state index in [4.69, 9.17) is 0 Å². The van der Waals surface area contributed by atoms with E-state index in [9.17, 15) is 4.79 Å². The van der Waals surface area contributed by atoms with Crippen molar-refractivity contribution in [2.45, 2.75) is 49.3 Å². The van der Waals surface area contributed by atoms with Crippen molar-refractivity contribution in [2.75, 3.05) is 0 Å². The Labute approximate surface area is 140 Å². The summed E-state index contributed by atoms with van der Waals surface area (Å²) in [6, 6.07) is 6.83. The first kappa shape index (κ1) is 14.8. The van der Waals surface area contributed by atoms with Gasteiger partial charge < -0.3 is 5.32 Å². The standard InChI is InChI=1S/C18H21N3OS/c1-11-7-8-15-13(9-11)17-14(10-23-15)16(20-21(17)2)18(22)19-12-5-3-4-6-12/h7-9,12H,3-6,10H2,1-2H3,(H,19,22). The molecule has 1 saturated carbocycles. The molecule has 2 aromatic rings. The molecule has 1 aliphatic carbocycles. The van der Waals surface area contributed by atoms with Crippen LogP contribution in [-0.2, 0) is 12.8 Å². The number of carbonyl (C=O) groups is 1. The molecular formula is C18H21N3OS. The molecule has 4 rings (SSSR count). The highest BCUT2D eigenvalue weighted by atomic mass is 32.2. The van der Waals surface area contributed by atoms with Gasteiger partial charge in [-0.15, -0.1) is 11.8 Å². The Morgan fingerprint density at radius 2 is 2.13 bits per heavy atom. The van der Waals surface area contributed by atoms with Crippen LogP contribution in [0.1, 0.15) is 47.3 Å². The molecule has 4 nitrogen and oxygen atoms in total. The summed E-state index contributed by atoms with van der Waals surface area (Å²) in [5.41, 5.74) is 5.21. The van der Waals surface area contributed by atoms with Crippen molar-refractivity contribution in [2.24, 2.45) is 7.05 Å². The van der Waals surface area contributed by atoms with E-state index in [1.165, 1.54) is 28.9 Å². The Morgan fingerprint density at radius 1 is 1.35 bits per heavy atom. The maximum Gasteiger partial charge on any atom is 0.272 e. The Hall–Kier alpha value is -1.75. The minimum absolute atomic E-state index is 0.00884. The van der Waals surface area contributed by atoms with E-state index in [1.54, 1.807) is 11.8 Å². The lowest BCUT2D eigenvalue weighted by atomic mass is 10.0. The van der Waals surface area contributed by atoms with Crippen LogP contribution >= 0.6 is 11.8 Å². The van der Waals surface area contributed by atoms with Gasteiger partial charge in [0.25, 0.3) is 5.91 Å². The fraction of sp³-hybridized carbons (Fsp3) is 0.444. The van der Waals surface area contributed by atoms with Gasteiger partial charge in [0.15, 0.2) is 5.69 Å². The van der Waals surface area contributed by atoms with Crippen molar-refractivity contribution in [3.8, 4) is 11.3 Å². The maximum atomic E-state index is 12.7. The average molecular weight is 327 g/mol. The molecule has 1 aromatic carbocycles. The molecule has 0 atom stereocenters. The summed E-state index contributed by atoms with van der Waals surface area (Å²) >= 11 is 1.79. The van der Waals surface area contributed by atoms with Crippen LogP contribution < -0.4 is 5.32 Å². The van der Waals surface area contributed by atoms with Gasteiger partial charge in [0.1, 0.15) is 0 Å². The summed E-state index contributed by atoms with van der Waals surface area (Å²) in [7, 11) is 1.94. The number of aromatic nitrogens is 2. The smallest absolute Gasteiger partial charge is 0.272 e. The molecule has 0 saturated heterocycles. The van der Waals surface area contributed by atoms with Crippen LogP contribution in [0.15, 0.2) is 23.1 Å². The Bertz CT molecular complexity index is 775. The van der Waals surface area contributed by atoms with Crippen LogP contribution in [0.4, 0.5) is 0 Å². The minimum Gasteiger partial charge on any atom is -0.348 e. The molecule has 0 unspecified atom stereocenters. The second-order valence-corrected chi connectivity index (χ2v) is 7.56. The summed E-state index contributed by atoms with van der Waals surface area (Å²) in [5.74, 6) is 0.803. The molecule has 1 aliphatic heterocycles. The predicted molar refractivity (Wildman–Crippen MR) is 92.7 cm³/mol. The van der Waals surface area contributed by atoms with Crippen molar-refractivity contribution >= 4 is 17.7 Å². The van der Waals surface area contributed by atoms with Crippen molar-refractivity contribution in [1.82, 2.24) is 15.1 Å². The van der Waals surface area contributed by atoms with Gasteiger partial charge in [-0.2, -0.15) is 5.10 Å². The SMILES string of the molecule is Cc1ccc2c(c1)-c1c(c(C(=O)NC3CCCC3)nn1C)CS2. The lowest BCUT2D eigenvalue weighted by Gasteiger charge is -2.18. The normalized spacial score (nSPS) is 17.0. The molecule has 1 amide bonds. The van der Waals surface area contributed by atoms with Crippen molar-refractivity contribution in [1.29, 1.82) is 0 Å². The Morgan fingerprint density at radius 3 is 2.91 bits per heavy atom. The van der Waals surface area contributed by atoms with E-state index >= 15 is 0 Å². The van der Waals surface area contributed by atoms with Gasteiger partial charge >= 0.3 is 0 Å². The third kappa shape index (κ3) is 2.57. The molecule has 23 heavy (non-hydrogen) atoms. The van der Waals surface area contributed by atoms with Crippen molar-refractivity contribution < 1.29 is 4.79 Å². The van der Waals surface area contributed by atoms with Gasteiger partial charge in [-0.25, -0.2) is 0 Å². The fourth-order valence-electron chi connectivity index (χ4n) is 3.65. The number of rotatable bonds is 2. The molecule has 2 aliphatic rings. The van der Waals surface area contributed by atoms with Crippen LogP contribution in [0, 0.1) is 6.92 Å². The summed E-state index contributed by atoms with van der Waals surface area (Å²) in [6.07, 6.45) is 4.62. The van der Waals surface area contributed by atoms with Crippen LogP contribution in [0.5, 0.6) is 0 Å². The number of aryl methyl sites for hydroxylation is 2. The number of carbonyl (C=O) groups excluding carboxylic acids is 1. The molecule has 0 spiro atoms. The van der Waals surface area contributed by atoms with Gasteiger partial charge in [0, 0.05) is 34.9 Å². The van der Waals surface area contributed by atoms with Crippen molar-refractivity contribution in [3.63, 3.8) is 0 Å². The zero-order valence-corrected chi connectivity index (χ0v) is 14.4. The van der Waals surface area contributed by atoms with E-state index < -0.39 is 0 Å². The van der Waals surface area contributed by atoms with E-state index in [0.717, 1.165) is 29.9 Å². The van der Waals surface area contributed by atoms with Gasteiger partial charge in [0.05, 0.1) is 5.69 Å². The van der Waals surface area contributed by atoms with E-state index in [1.807, 2.05) is 11.7 Å². The fourth-order valence-corrected chi connectivity index (χ4v) is 4.70. The molecule has 0 bridgehead atoms. The van der Waals surface area contributed by atoms with Crippen LogP contribution in [0.3, 0.4) is 0 Å². The van der Waals surface area contributed by atoms with E-state index in [2.05, 4.69) is 35.5 Å². The number of amides is 1. The minimum atomic E-state index is -0.00884. The number of nitrogens with zero attached hydrogens (tertiary/aromatic N) is 2. The van der Waals surface area contributed by atoms with Gasteiger partial charge in [-0.05, 0) is 31.9 Å². The lowest BCUT2D eigenvalue weighted by Crippen LogP contribution is -2.33. The Balaban J connectivity index is 1.72. The predicted octanol–water partition coefficient (Wildman–Crippen LogP) is 3.67.